The van der Waals surface area contributed by atoms with Crippen molar-refractivity contribution >= 4 is 33.0 Å². The van der Waals surface area contributed by atoms with E-state index in [4.69, 9.17) is 17.3 Å². The molecule has 0 atom stereocenters. The zero-order valence-corrected chi connectivity index (χ0v) is 11.5. The minimum absolute atomic E-state index is 0.121. The van der Waals surface area contributed by atoms with Crippen LogP contribution in [0.15, 0.2) is 41.3 Å². The van der Waals surface area contributed by atoms with E-state index in [9.17, 15) is 17.2 Å². The molecule has 8 heteroatoms. The number of hydrogen-bond acceptors (Lipinski definition) is 3. The minimum Gasteiger partial charge on any atom is -0.397 e. The molecule has 2 rings (SSSR count). The highest BCUT2D eigenvalue weighted by molar-refractivity contribution is 7.92. The molecular weight excluding hydrogens is 310 g/mol. The Morgan fingerprint density at radius 3 is 2.40 bits per heavy atom. The normalized spacial score (nSPS) is 11.3. The van der Waals surface area contributed by atoms with Gasteiger partial charge >= 0.3 is 0 Å². The largest absolute Gasteiger partial charge is 0.397 e. The van der Waals surface area contributed by atoms with Crippen LogP contribution in [-0.2, 0) is 10.0 Å². The molecule has 2 aromatic rings. The maximum absolute atomic E-state index is 13.5. The summed E-state index contributed by atoms with van der Waals surface area (Å²) in [6, 6.07) is 6.25. The van der Waals surface area contributed by atoms with E-state index in [0.717, 1.165) is 12.1 Å². The van der Waals surface area contributed by atoms with E-state index in [2.05, 4.69) is 4.72 Å². The fourth-order valence-corrected chi connectivity index (χ4v) is 2.74. The van der Waals surface area contributed by atoms with Gasteiger partial charge in [-0.1, -0.05) is 11.6 Å². The molecule has 0 fully saturated rings. The Hall–Kier alpha value is -1.86. The highest BCUT2D eigenvalue weighted by Gasteiger charge is 2.19. The Kier molecular flexibility index (Phi) is 3.82. The Labute approximate surface area is 119 Å². The van der Waals surface area contributed by atoms with Gasteiger partial charge in [0.1, 0.15) is 16.5 Å². The van der Waals surface area contributed by atoms with Crippen molar-refractivity contribution in [3.8, 4) is 0 Å². The first kappa shape index (κ1) is 14.5. The summed E-state index contributed by atoms with van der Waals surface area (Å²) < 4.78 is 52.4. The van der Waals surface area contributed by atoms with E-state index >= 15 is 0 Å². The lowest BCUT2D eigenvalue weighted by molar-refractivity contribution is 0.551. The third-order valence-electron chi connectivity index (χ3n) is 2.43. The highest BCUT2D eigenvalue weighted by Crippen LogP contribution is 2.25. The van der Waals surface area contributed by atoms with E-state index in [0.29, 0.717) is 6.07 Å². The van der Waals surface area contributed by atoms with Crippen LogP contribution in [0.25, 0.3) is 0 Å². The summed E-state index contributed by atoms with van der Waals surface area (Å²) in [5.74, 6) is -2.04. The molecule has 106 valence electrons. The van der Waals surface area contributed by atoms with Crippen LogP contribution in [0.4, 0.5) is 20.2 Å². The van der Waals surface area contributed by atoms with Gasteiger partial charge in [0.15, 0.2) is 0 Å². The van der Waals surface area contributed by atoms with Gasteiger partial charge < -0.3 is 5.73 Å². The van der Waals surface area contributed by atoms with Gasteiger partial charge in [0.25, 0.3) is 10.0 Å². The predicted octanol–water partition coefficient (Wildman–Crippen LogP) is 3.00. The van der Waals surface area contributed by atoms with E-state index in [1.54, 1.807) is 0 Å². The van der Waals surface area contributed by atoms with Gasteiger partial charge in [0, 0.05) is 6.07 Å². The SMILES string of the molecule is Nc1cc(NS(=O)(=O)c2ccc(F)cc2F)ccc1Cl. The molecule has 0 aliphatic heterocycles. The van der Waals surface area contributed by atoms with E-state index in [1.165, 1.54) is 18.2 Å². The summed E-state index contributed by atoms with van der Waals surface area (Å²) in [4.78, 5) is -0.660. The first-order chi connectivity index (χ1) is 9.29. The number of rotatable bonds is 3. The average molecular weight is 319 g/mol. The molecule has 0 radical (unpaired) electrons. The number of benzene rings is 2. The standard InChI is InChI=1S/C12H9ClF2N2O2S/c13-9-3-2-8(6-11(9)16)17-20(18,19)12-4-1-7(14)5-10(12)15/h1-6,17H,16H2. The van der Waals surface area contributed by atoms with Crippen LogP contribution in [0.1, 0.15) is 0 Å². The topological polar surface area (TPSA) is 72.2 Å². The van der Waals surface area contributed by atoms with Gasteiger partial charge in [-0.3, -0.25) is 4.72 Å². The summed E-state index contributed by atoms with van der Waals surface area (Å²) in [5.41, 5.74) is 5.83. The smallest absolute Gasteiger partial charge is 0.264 e. The number of nitrogens with one attached hydrogen (secondary N) is 1. The zero-order chi connectivity index (χ0) is 14.9. The molecule has 4 nitrogen and oxygen atoms in total. The molecule has 0 amide bonds. The van der Waals surface area contributed by atoms with Crippen LogP contribution in [0.2, 0.25) is 5.02 Å². The van der Waals surface area contributed by atoms with Crippen molar-refractivity contribution in [2.75, 3.05) is 10.5 Å². The first-order valence-electron chi connectivity index (χ1n) is 5.32. The molecule has 0 aromatic heterocycles. The summed E-state index contributed by atoms with van der Waals surface area (Å²) in [6.45, 7) is 0. The summed E-state index contributed by atoms with van der Waals surface area (Å²) >= 11 is 5.71. The summed E-state index contributed by atoms with van der Waals surface area (Å²) in [7, 11) is -4.18. The van der Waals surface area contributed by atoms with Crippen LogP contribution in [-0.4, -0.2) is 8.42 Å². The molecule has 0 bridgehead atoms. The third kappa shape index (κ3) is 3.00. The van der Waals surface area contributed by atoms with E-state index < -0.39 is 26.6 Å². The lowest BCUT2D eigenvalue weighted by atomic mass is 10.3. The van der Waals surface area contributed by atoms with Crippen molar-refractivity contribution in [3.05, 3.63) is 53.1 Å². The third-order valence-corrected chi connectivity index (χ3v) is 4.19. The van der Waals surface area contributed by atoms with Crippen LogP contribution in [0.5, 0.6) is 0 Å². The minimum atomic E-state index is -4.18. The van der Waals surface area contributed by atoms with Crippen LogP contribution in [0.3, 0.4) is 0 Å². The van der Waals surface area contributed by atoms with Gasteiger partial charge in [0.05, 0.1) is 16.4 Å². The van der Waals surface area contributed by atoms with Crippen molar-refractivity contribution in [2.45, 2.75) is 4.90 Å². The van der Waals surface area contributed by atoms with Gasteiger partial charge in [-0.05, 0) is 30.3 Å². The van der Waals surface area contributed by atoms with E-state index in [-0.39, 0.29) is 16.4 Å². The first-order valence-corrected chi connectivity index (χ1v) is 7.18. The van der Waals surface area contributed by atoms with Gasteiger partial charge in [-0.25, -0.2) is 17.2 Å². The Morgan fingerprint density at radius 1 is 1.10 bits per heavy atom. The van der Waals surface area contributed by atoms with Crippen molar-refractivity contribution in [1.82, 2.24) is 0 Å². The van der Waals surface area contributed by atoms with Crippen LogP contribution < -0.4 is 10.5 Å². The quantitative estimate of drug-likeness (QED) is 0.854. The molecule has 0 saturated carbocycles. The monoisotopic (exact) mass is 318 g/mol. The van der Waals surface area contributed by atoms with Crippen LogP contribution in [0, 0.1) is 11.6 Å². The van der Waals surface area contributed by atoms with Crippen molar-refractivity contribution < 1.29 is 17.2 Å². The number of nitrogen functional groups attached to an aromatic ring is 1. The zero-order valence-electron chi connectivity index (χ0n) is 9.90. The molecule has 0 spiro atoms. The van der Waals surface area contributed by atoms with Gasteiger partial charge in [-0.15, -0.1) is 0 Å². The second-order valence-electron chi connectivity index (χ2n) is 3.92. The number of anilines is 2. The molecule has 0 heterocycles. The van der Waals surface area contributed by atoms with Crippen LogP contribution >= 0.6 is 11.6 Å². The lowest BCUT2D eigenvalue weighted by Crippen LogP contribution is -2.14. The fourth-order valence-electron chi connectivity index (χ4n) is 1.51. The van der Waals surface area contributed by atoms with Gasteiger partial charge in [-0.2, -0.15) is 0 Å². The predicted molar refractivity (Wildman–Crippen MR) is 73.0 cm³/mol. The maximum atomic E-state index is 13.5. The molecule has 20 heavy (non-hydrogen) atoms. The lowest BCUT2D eigenvalue weighted by Gasteiger charge is -2.10. The molecule has 3 N–H and O–H groups in total. The molecular formula is C12H9ClF2N2O2S. The number of nitrogens with two attached hydrogens (primary N) is 1. The molecule has 0 aliphatic carbocycles. The second kappa shape index (κ2) is 5.26. The molecule has 2 aromatic carbocycles. The van der Waals surface area contributed by atoms with E-state index in [1.807, 2.05) is 0 Å². The maximum Gasteiger partial charge on any atom is 0.264 e. The number of halogens is 3. The van der Waals surface area contributed by atoms with Crippen molar-refractivity contribution in [2.24, 2.45) is 0 Å². The molecule has 0 unspecified atom stereocenters. The Balaban J connectivity index is 2.38. The summed E-state index contributed by atoms with van der Waals surface area (Å²) in [5, 5.41) is 0.265. The second-order valence-corrected chi connectivity index (χ2v) is 5.97. The molecule has 0 saturated heterocycles. The Morgan fingerprint density at radius 2 is 1.80 bits per heavy atom. The van der Waals surface area contributed by atoms with Gasteiger partial charge in [0.2, 0.25) is 0 Å². The van der Waals surface area contributed by atoms with Crippen molar-refractivity contribution in [1.29, 1.82) is 0 Å². The fraction of sp³-hybridized carbons (Fsp3) is 0. The average Bonchev–Trinajstić information content (AvgIpc) is 2.33. The number of hydrogen-bond donors (Lipinski definition) is 2. The summed E-state index contributed by atoms with van der Waals surface area (Å²) in [6.07, 6.45) is 0. The molecule has 0 aliphatic rings. The number of sulfonamides is 1. The Bertz CT molecular complexity index is 766. The van der Waals surface area contributed by atoms with Crippen molar-refractivity contribution in [3.63, 3.8) is 0 Å². The highest BCUT2D eigenvalue weighted by atomic mass is 35.5.